The van der Waals surface area contributed by atoms with Crippen LogP contribution in [0.4, 0.5) is 0 Å². The number of nitrogens with zero attached hydrogens (tertiary/aromatic N) is 4. The fraction of sp³-hybridized carbons (Fsp3) is 0.538. The van der Waals surface area contributed by atoms with Gasteiger partial charge in [-0.2, -0.15) is 0 Å². The van der Waals surface area contributed by atoms with Crippen molar-refractivity contribution in [3.05, 3.63) is 27.5 Å². The van der Waals surface area contributed by atoms with Crippen LogP contribution in [0.15, 0.2) is 5.51 Å². The van der Waals surface area contributed by atoms with Crippen LogP contribution < -0.4 is 0 Å². The third-order valence-corrected chi connectivity index (χ3v) is 4.03. The topological polar surface area (TPSA) is 80.9 Å². The fourth-order valence-electron chi connectivity index (χ4n) is 2.04. The third kappa shape index (κ3) is 3.22. The summed E-state index contributed by atoms with van der Waals surface area (Å²) in [6.45, 7) is 6.71. The van der Waals surface area contributed by atoms with Crippen LogP contribution in [-0.2, 0) is 19.4 Å². The summed E-state index contributed by atoms with van der Waals surface area (Å²) in [5.74, 6) is -0.656. The highest BCUT2D eigenvalue weighted by atomic mass is 32.1. The zero-order valence-corrected chi connectivity index (χ0v) is 12.6. The van der Waals surface area contributed by atoms with E-state index >= 15 is 0 Å². The zero-order valence-electron chi connectivity index (χ0n) is 11.8. The van der Waals surface area contributed by atoms with E-state index < -0.39 is 5.97 Å². The van der Waals surface area contributed by atoms with Crippen molar-refractivity contribution in [2.45, 2.75) is 40.2 Å². The molecule has 6 nitrogen and oxygen atoms in total. The first kappa shape index (κ1) is 14.6. The Kier molecular flexibility index (Phi) is 4.49. The second-order valence-electron chi connectivity index (χ2n) is 5.12. The minimum Gasteiger partial charge on any atom is -0.476 e. The van der Waals surface area contributed by atoms with Gasteiger partial charge in [0.1, 0.15) is 0 Å². The van der Waals surface area contributed by atoms with E-state index in [1.807, 2.05) is 12.4 Å². The molecular formula is C13H18N4O2S. The molecule has 2 aromatic heterocycles. The smallest absolute Gasteiger partial charge is 0.358 e. The first-order valence-corrected chi connectivity index (χ1v) is 7.41. The van der Waals surface area contributed by atoms with E-state index in [0.29, 0.717) is 24.6 Å². The monoisotopic (exact) mass is 294 g/mol. The van der Waals surface area contributed by atoms with Crippen molar-refractivity contribution in [1.29, 1.82) is 0 Å². The van der Waals surface area contributed by atoms with Crippen LogP contribution in [0.1, 0.15) is 40.6 Å². The van der Waals surface area contributed by atoms with Gasteiger partial charge in [0.05, 0.1) is 16.9 Å². The number of thiazole rings is 1. The van der Waals surface area contributed by atoms with E-state index in [9.17, 15) is 4.79 Å². The highest BCUT2D eigenvalue weighted by molar-refractivity contribution is 7.09. The molecule has 0 atom stereocenters. The van der Waals surface area contributed by atoms with E-state index in [-0.39, 0.29) is 5.69 Å². The number of rotatable bonds is 6. The molecule has 0 fully saturated rings. The third-order valence-electron chi connectivity index (χ3n) is 3.04. The molecule has 0 aliphatic heterocycles. The van der Waals surface area contributed by atoms with E-state index in [1.54, 1.807) is 16.0 Å². The molecule has 0 aromatic carbocycles. The number of carboxylic acid groups (broad SMARTS) is 1. The fourth-order valence-corrected chi connectivity index (χ4v) is 2.81. The second-order valence-corrected chi connectivity index (χ2v) is 6.06. The largest absolute Gasteiger partial charge is 0.476 e. The first-order chi connectivity index (χ1) is 9.49. The Morgan fingerprint density at radius 3 is 2.80 bits per heavy atom. The number of carbonyl (C=O) groups is 1. The van der Waals surface area contributed by atoms with Gasteiger partial charge in [-0.25, -0.2) is 14.5 Å². The normalized spacial score (nSPS) is 11.2. The standard InChI is InChI=1S/C13H18N4O2S/c1-8(2)6-10-12(13(18)19)15-16-17(10)5-4-11-9(3)14-7-20-11/h7-8H,4-6H2,1-3H3,(H,18,19). The Labute approximate surface area is 121 Å². The van der Waals surface area contributed by atoms with E-state index in [1.165, 1.54) is 4.88 Å². The minimum absolute atomic E-state index is 0.0692. The number of carboxylic acids is 1. The summed E-state index contributed by atoms with van der Waals surface area (Å²) in [5.41, 5.74) is 3.62. The molecule has 0 spiro atoms. The highest BCUT2D eigenvalue weighted by Gasteiger charge is 2.19. The summed E-state index contributed by atoms with van der Waals surface area (Å²) in [4.78, 5) is 16.6. The molecule has 0 aliphatic rings. The summed E-state index contributed by atoms with van der Waals surface area (Å²) < 4.78 is 1.71. The Bertz CT molecular complexity index is 603. The van der Waals surface area contributed by atoms with Crippen LogP contribution in [0.25, 0.3) is 0 Å². The van der Waals surface area contributed by atoms with Crippen LogP contribution in [0.3, 0.4) is 0 Å². The quantitative estimate of drug-likeness (QED) is 0.883. The number of hydrogen-bond acceptors (Lipinski definition) is 5. The average Bonchev–Trinajstić information content (AvgIpc) is 2.93. The van der Waals surface area contributed by atoms with Gasteiger partial charge in [-0.15, -0.1) is 16.4 Å². The summed E-state index contributed by atoms with van der Waals surface area (Å²) >= 11 is 1.61. The van der Waals surface area contributed by atoms with E-state index in [0.717, 1.165) is 12.1 Å². The predicted molar refractivity (Wildman–Crippen MR) is 76.1 cm³/mol. The first-order valence-electron chi connectivity index (χ1n) is 6.53. The number of aromatic carboxylic acids is 1. The van der Waals surface area contributed by atoms with Crippen LogP contribution in [0.5, 0.6) is 0 Å². The maximum absolute atomic E-state index is 11.2. The number of aryl methyl sites for hydroxylation is 3. The van der Waals surface area contributed by atoms with Crippen molar-refractivity contribution in [3.8, 4) is 0 Å². The molecule has 0 saturated heterocycles. The lowest BCUT2D eigenvalue weighted by Gasteiger charge is -2.08. The minimum atomic E-state index is -1.01. The summed E-state index contributed by atoms with van der Waals surface area (Å²) in [7, 11) is 0. The Morgan fingerprint density at radius 1 is 1.50 bits per heavy atom. The molecule has 108 valence electrons. The second kappa shape index (κ2) is 6.13. The van der Waals surface area contributed by atoms with Crippen molar-refractivity contribution in [2.75, 3.05) is 0 Å². The van der Waals surface area contributed by atoms with Crippen LogP contribution >= 0.6 is 11.3 Å². The van der Waals surface area contributed by atoms with E-state index in [4.69, 9.17) is 5.11 Å². The van der Waals surface area contributed by atoms with Crippen LogP contribution in [0.2, 0.25) is 0 Å². The van der Waals surface area contributed by atoms with Gasteiger partial charge in [0, 0.05) is 17.8 Å². The molecule has 1 N–H and O–H groups in total. The Morgan fingerprint density at radius 2 is 2.25 bits per heavy atom. The van der Waals surface area contributed by atoms with Crippen LogP contribution in [-0.4, -0.2) is 31.1 Å². The molecule has 2 aromatic rings. The molecule has 0 amide bonds. The van der Waals surface area contributed by atoms with Gasteiger partial charge in [0.15, 0.2) is 5.69 Å². The molecule has 7 heteroatoms. The lowest BCUT2D eigenvalue weighted by Crippen LogP contribution is -2.12. The molecule has 2 rings (SSSR count). The molecular weight excluding hydrogens is 276 g/mol. The van der Waals surface area contributed by atoms with Gasteiger partial charge in [-0.1, -0.05) is 19.1 Å². The molecule has 20 heavy (non-hydrogen) atoms. The molecule has 0 unspecified atom stereocenters. The van der Waals surface area contributed by atoms with Gasteiger partial charge >= 0.3 is 5.97 Å². The van der Waals surface area contributed by atoms with Crippen molar-refractivity contribution >= 4 is 17.3 Å². The highest BCUT2D eigenvalue weighted by Crippen LogP contribution is 2.16. The maximum Gasteiger partial charge on any atom is 0.358 e. The van der Waals surface area contributed by atoms with Gasteiger partial charge < -0.3 is 5.11 Å². The van der Waals surface area contributed by atoms with Gasteiger partial charge in [0.2, 0.25) is 0 Å². The Balaban J connectivity index is 2.18. The molecule has 0 saturated carbocycles. The summed E-state index contributed by atoms with van der Waals surface area (Å²) in [6, 6.07) is 0. The van der Waals surface area contributed by atoms with Gasteiger partial charge in [-0.3, -0.25) is 0 Å². The molecule has 0 bridgehead atoms. The number of aromatic nitrogens is 4. The zero-order chi connectivity index (χ0) is 14.7. The molecule has 0 radical (unpaired) electrons. The van der Waals surface area contributed by atoms with Crippen molar-refractivity contribution in [1.82, 2.24) is 20.0 Å². The van der Waals surface area contributed by atoms with Crippen molar-refractivity contribution in [2.24, 2.45) is 5.92 Å². The number of hydrogen-bond donors (Lipinski definition) is 1. The lowest BCUT2D eigenvalue weighted by molar-refractivity contribution is 0.0689. The van der Waals surface area contributed by atoms with E-state index in [2.05, 4.69) is 29.1 Å². The lowest BCUT2D eigenvalue weighted by atomic mass is 10.1. The van der Waals surface area contributed by atoms with Crippen LogP contribution in [0, 0.1) is 12.8 Å². The average molecular weight is 294 g/mol. The summed E-state index contributed by atoms with van der Waals surface area (Å²) in [5, 5.41) is 16.9. The van der Waals surface area contributed by atoms with Crippen molar-refractivity contribution in [3.63, 3.8) is 0 Å². The molecule has 2 heterocycles. The predicted octanol–water partition coefficient (Wildman–Crippen LogP) is 2.18. The van der Waals surface area contributed by atoms with Gasteiger partial charge in [-0.05, 0) is 19.3 Å². The summed E-state index contributed by atoms with van der Waals surface area (Å²) in [6.07, 6.45) is 1.46. The van der Waals surface area contributed by atoms with Crippen molar-refractivity contribution < 1.29 is 9.90 Å². The Hall–Kier alpha value is -1.76. The SMILES string of the molecule is Cc1ncsc1CCn1nnc(C(=O)O)c1CC(C)C. The molecule has 0 aliphatic carbocycles. The maximum atomic E-state index is 11.2. The van der Waals surface area contributed by atoms with Gasteiger partial charge in [0.25, 0.3) is 0 Å².